The molecule has 0 amide bonds. The molecule has 174 valence electrons. The minimum absolute atomic E-state index is 0.738. The van der Waals surface area contributed by atoms with Crippen LogP contribution in [0.5, 0.6) is 11.5 Å². The second-order valence-corrected chi connectivity index (χ2v) is 8.08. The standard InChI is InChI=1S/C26H33N5O2/c1-27-26(29-18-19-8-10-21(11-9-19)31-13-4-5-14-31)28-12-6-7-20-15-23-24(30-20)16-22(32-2)17-25(23)33-3/h4-5,8-11,15-17,30H,6-7,12-14,18H2,1-3H3,(H2,27,28,29). The van der Waals surface area contributed by atoms with Crippen LogP contribution in [0.15, 0.2) is 59.6 Å². The number of aryl methyl sites for hydroxylation is 1. The highest BCUT2D eigenvalue weighted by Gasteiger charge is 2.10. The quantitative estimate of drug-likeness (QED) is 0.201. The van der Waals surface area contributed by atoms with E-state index in [9.17, 15) is 0 Å². The first-order chi connectivity index (χ1) is 16.2. The van der Waals surface area contributed by atoms with Crippen molar-refractivity contribution in [3.05, 3.63) is 65.9 Å². The van der Waals surface area contributed by atoms with Crippen LogP contribution in [0, 0.1) is 0 Å². The number of ether oxygens (including phenoxy) is 2. The van der Waals surface area contributed by atoms with Crippen molar-refractivity contribution < 1.29 is 9.47 Å². The van der Waals surface area contributed by atoms with E-state index in [0.29, 0.717) is 0 Å². The molecule has 4 rings (SSSR count). The molecule has 0 aliphatic carbocycles. The topological polar surface area (TPSA) is 73.9 Å². The van der Waals surface area contributed by atoms with Crippen molar-refractivity contribution in [3.8, 4) is 11.5 Å². The molecule has 1 aliphatic heterocycles. The summed E-state index contributed by atoms with van der Waals surface area (Å²) in [6, 6.07) is 14.8. The number of nitrogens with one attached hydrogen (secondary N) is 3. The summed E-state index contributed by atoms with van der Waals surface area (Å²) in [4.78, 5) is 10.2. The normalized spacial score (nSPS) is 13.5. The second kappa shape index (κ2) is 10.8. The molecule has 0 radical (unpaired) electrons. The van der Waals surface area contributed by atoms with Gasteiger partial charge in [0.1, 0.15) is 11.5 Å². The maximum absolute atomic E-state index is 5.51. The smallest absolute Gasteiger partial charge is 0.191 e. The first kappa shape index (κ1) is 22.6. The van der Waals surface area contributed by atoms with E-state index in [4.69, 9.17) is 9.47 Å². The van der Waals surface area contributed by atoms with Crippen LogP contribution in [0.1, 0.15) is 17.7 Å². The first-order valence-corrected chi connectivity index (χ1v) is 11.4. The van der Waals surface area contributed by atoms with E-state index in [1.165, 1.54) is 16.9 Å². The maximum Gasteiger partial charge on any atom is 0.191 e. The number of fused-ring (bicyclic) bond motifs is 1. The summed E-state index contributed by atoms with van der Waals surface area (Å²) in [7, 11) is 5.15. The summed E-state index contributed by atoms with van der Waals surface area (Å²) in [5.41, 5.74) is 4.70. The van der Waals surface area contributed by atoms with Crippen LogP contribution in [0.2, 0.25) is 0 Å². The molecule has 1 aromatic heterocycles. The molecule has 2 aromatic carbocycles. The Bertz CT molecular complexity index is 1110. The molecule has 7 nitrogen and oxygen atoms in total. The molecule has 33 heavy (non-hydrogen) atoms. The molecule has 3 N–H and O–H groups in total. The molecule has 0 fully saturated rings. The number of aromatic nitrogens is 1. The summed E-state index contributed by atoms with van der Waals surface area (Å²) in [6.07, 6.45) is 6.32. The first-order valence-electron chi connectivity index (χ1n) is 11.4. The molecule has 1 aliphatic rings. The zero-order chi connectivity index (χ0) is 23.0. The third-order valence-corrected chi connectivity index (χ3v) is 5.90. The van der Waals surface area contributed by atoms with Gasteiger partial charge in [-0.1, -0.05) is 24.3 Å². The fourth-order valence-electron chi connectivity index (χ4n) is 4.06. The van der Waals surface area contributed by atoms with Crippen molar-refractivity contribution in [2.45, 2.75) is 19.4 Å². The SMILES string of the molecule is CN=C(NCCCc1cc2c(OC)cc(OC)cc2[nH]1)NCc1ccc(N2CC=CC2)cc1. The predicted molar refractivity (Wildman–Crippen MR) is 136 cm³/mol. The van der Waals surface area contributed by atoms with Crippen LogP contribution in [0.3, 0.4) is 0 Å². The van der Waals surface area contributed by atoms with Crippen molar-refractivity contribution >= 4 is 22.5 Å². The van der Waals surface area contributed by atoms with E-state index in [2.05, 4.69) is 68.0 Å². The minimum atomic E-state index is 0.738. The average Bonchev–Trinajstić information content (AvgIpc) is 3.53. The fourth-order valence-corrected chi connectivity index (χ4v) is 4.06. The van der Waals surface area contributed by atoms with Gasteiger partial charge in [-0.05, 0) is 36.6 Å². The van der Waals surface area contributed by atoms with Crippen molar-refractivity contribution in [2.24, 2.45) is 4.99 Å². The number of rotatable bonds is 9. The predicted octanol–water partition coefficient (Wildman–Crippen LogP) is 3.86. The van der Waals surface area contributed by atoms with Gasteiger partial charge in [0.2, 0.25) is 0 Å². The number of methoxy groups -OCH3 is 2. The number of aromatic amines is 1. The van der Waals surface area contributed by atoms with E-state index in [0.717, 1.165) is 67.4 Å². The largest absolute Gasteiger partial charge is 0.497 e. The lowest BCUT2D eigenvalue weighted by atomic mass is 10.2. The number of hydrogen-bond donors (Lipinski definition) is 3. The Morgan fingerprint density at radius 1 is 1.03 bits per heavy atom. The molecule has 0 saturated carbocycles. The average molecular weight is 448 g/mol. The maximum atomic E-state index is 5.51. The second-order valence-electron chi connectivity index (χ2n) is 8.08. The number of guanidine groups is 1. The zero-order valence-corrected chi connectivity index (χ0v) is 19.6. The van der Waals surface area contributed by atoms with Crippen molar-refractivity contribution in [3.63, 3.8) is 0 Å². The van der Waals surface area contributed by atoms with Crippen LogP contribution in [0.4, 0.5) is 5.69 Å². The van der Waals surface area contributed by atoms with Crippen molar-refractivity contribution in [2.75, 3.05) is 45.8 Å². The van der Waals surface area contributed by atoms with Gasteiger partial charge >= 0.3 is 0 Å². The molecule has 0 bridgehead atoms. The highest BCUT2D eigenvalue weighted by atomic mass is 16.5. The van der Waals surface area contributed by atoms with E-state index in [1.807, 2.05) is 12.1 Å². The number of H-pyrrole nitrogens is 1. The Hall–Kier alpha value is -3.61. The lowest BCUT2D eigenvalue weighted by Crippen LogP contribution is -2.37. The Labute approximate surface area is 195 Å². The van der Waals surface area contributed by atoms with Crippen LogP contribution in [-0.2, 0) is 13.0 Å². The van der Waals surface area contributed by atoms with Crippen LogP contribution in [-0.4, -0.2) is 51.8 Å². The highest BCUT2D eigenvalue weighted by Crippen LogP contribution is 2.31. The Kier molecular flexibility index (Phi) is 7.40. The van der Waals surface area contributed by atoms with Gasteiger partial charge in [0.15, 0.2) is 5.96 Å². The van der Waals surface area contributed by atoms with E-state index >= 15 is 0 Å². The summed E-state index contributed by atoms with van der Waals surface area (Å²) >= 11 is 0. The molecule has 0 unspecified atom stereocenters. The van der Waals surface area contributed by atoms with Gasteiger partial charge in [-0.3, -0.25) is 4.99 Å². The van der Waals surface area contributed by atoms with Gasteiger partial charge in [0.25, 0.3) is 0 Å². The molecule has 0 saturated heterocycles. The Balaban J connectivity index is 1.23. The van der Waals surface area contributed by atoms with Gasteiger partial charge in [-0.2, -0.15) is 0 Å². The lowest BCUT2D eigenvalue weighted by Gasteiger charge is -2.18. The minimum Gasteiger partial charge on any atom is -0.497 e. The number of hydrogen-bond acceptors (Lipinski definition) is 4. The van der Waals surface area contributed by atoms with E-state index in [-0.39, 0.29) is 0 Å². The molecular formula is C26H33N5O2. The van der Waals surface area contributed by atoms with Gasteiger partial charge < -0.3 is 30.0 Å². The number of aliphatic imine (C=N–C) groups is 1. The van der Waals surface area contributed by atoms with Gasteiger partial charge in [-0.15, -0.1) is 0 Å². The van der Waals surface area contributed by atoms with Crippen molar-refractivity contribution in [1.29, 1.82) is 0 Å². The zero-order valence-electron chi connectivity index (χ0n) is 19.6. The monoisotopic (exact) mass is 447 g/mol. The van der Waals surface area contributed by atoms with Gasteiger partial charge in [0.05, 0.1) is 19.7 Å². The Morgan fingerprint density at radius 2 is 1.82 bits per heavy atom. The number of benzene rings is 2. The highest BCUT2D eigenvalue weighted by molar-refractivity contribution is 5.88. The van der Waals surface area contributed by atoms with Crippen LogP contribution < -0.4 is 25.0 Å². The summed E-state index contributed by atoms with van der Waals surface area (Å²) in [5.74, 6) is 2.41. The molecule has 0 atom stereocenters. The summed E-state index contributed by atoms with van der Waals surface area (Å²) < 4.78 is 10.9. The molecular weight excluding hydrogens is 414 g/mol. The lowest BCUT2D eigenvalue weighted by molar-refractivity contribution is 0.398. The van der Waals surface area contributed by atoms with Gasteiger partial charge in [-0.25, -0.2) is 0 Å². The van der Waals surface area contributed by atoms with Gasteiger partial charge in [0, 0.05) is 62.1 Å². The van der Waals surface area contributed by atoms with Crippen molar-refractivity contribution in [1.82, 2.24) is 15.6 Å². The molecule has 0 spiro atoms. The summed E-state index contributed by atoms with van der Waals surface area (Å²) in [5, 5.41) is 7.88. The Morgan fingerprint density at radius 3 is 2.52 bits per heavy atom. The van der Waals surface area contributed by atoms with E-state index in [1.54, 1.807) is 21.3 Å². The number of anilines is 1. The molecule has 3 aromatic rings. The fraction of sp³-hybridized carbons (Fsp3) is 0.346. The van der Waals surface area contributed by atoms with Crippen LogP contribution >= 0.6 is 0 Å². The molecule has 7 heteroatoms. The van der Waals surface area contributed by atoms with E-state index < -0.39 is 0 Å². The number of nitrogens with zero attached hydrogens (tertiary/aromatic N) is 2. The van der Waals surface area contributed by atoms with Crippen LogP contribution in [0.25, 0.3) is 10.9 Å². The third kappa shape index (κ3) is 5.61. The third-order valence-electron chi connectivity index (χ3n) is 5.90. The summed E-state index contributed by atoms with van der Waals surface area (Å²) in [6.45, 7) is 3.56. The molecule has 2 heterocycles.